The summed E-state index contributed by atoms with van der Waals surface area (Å²) in [5.41, 5.74) is 1.11. The van der Waals surface area contributed by atoms with Crippen LogP contribution in [0.25, 0.3) is 11.5 Å². The van der Waals surface area contributed by atoms with Crippen LogP contribution in [0, 0.1) is 0 Å². The van der Waals surface area contributed by atoms with Gasteiger partial charge in [-0.2, -0.15) is 0 Å². The molecule has 0 saturated heterocycles. The number of rotatable bonds is 6. The maximum atomic E-state index is 12.2. The molecule has 2 aromatic carbocycles. The zero-order valence-electron chi connectivity index (χ0n) is 14.1. The number of carbonyl (C=O) groups is 1. The molecule has 3 aromatic rings. The van der Waals surface area contributed by atoms with Crippen LogP contribution in [0.2, 0.25) is 0 Å². The van der Waals surface area contributed by atoms with Crippen LogP contribution in [-0.4, -0.2) is 30.4 Å². The van der Waals surface area contributed by atoms with Gasteiger partial charge >= 0.3 is 5.97 Å². The summed E-state index contributed by atoms with van der Waals surface area (Å²) in [5.74, 6) is 0.998. The molecule has 7 nitrogen and oxygen atoms in total. The SMILES string of the molecule is COc1ccc(C(=O)OCc2nnc(-c3ccc(Br)cc3)o2)cc1OC. The average molecular weight is 419 g/mol. The van der Waals surface area contributed by atoms with E-state index in [0.717, 1.165) is 10.0 Å². The fourth-order valence-electron chi connectivity index (χ4n) is 2.19. The van der Waals surface area contributed by atoms with Gasteiger partial charge in [0, 0.05) is 10.0 Å². The average Bonchev–Trinajstić information content (AvgIpc) is 3.15. The second-order valence-electron chi connectivity index (χ2n) is 5.15. The van der Waals surface area contributed by atoms with Crippen molar-refractivity contribution in [2.45, 2.75) is 6.61 Å². The van der Waals surface area contributed by atoms with Crippen LogP contribution in [0.15, 0.2) is 51.4 Å². The van der Waals surface area contributed by atoms with Crippen molar-refractivity contribution in [3.8, 4) is 23.0 Å². The first kappa shape index (κ1) is 17.9. The minimum absolute atomic E-state index is 0.128. The molecular weight excluding hydrogens is 404 g/mol. The van der Waals surface area contributed by atoms with Gasteiger partial charge in [-0.25, -0.2) is 4.79 Å². The van der Waals surface area contributed by atoms with Gasteiger partial charge in [-0.15, -0.1) is 10.2 Å². The zero-order chi connectivity index (χ0) is 18.5. The third-order valence-corrected chi connectivity index (χ3v) is 4.03. The second-order valence-corrected chi connectivity index (χ2v) is 6.07. The highest BCUT2D eigenvalue weighted by Gasteiger charge is 2.14. The number of nitrogens with zero attached hydrogens (tertiary/aromatic N) is 2. The van der Waals surface area contributed by atoms with E-state index in [0.29, 0.717) is 23.0 Å². The van der Waals surface area contributed by atoms with Gasteiger partial charge in [0.05, 0.1) is 19.8 Å². The van der Waals surface area contributed by atoms with E-state index in [2.05, 4.69) is 26.1 Å². The van der Waals surface area contributed by atoms with Gasteiger partial charge in [-0.05, 0) is 42.5 Å². The Kier molecular flexibility index (Phi) is 5.52. The summed E-state index contributed by atoms with van der Waals surface area (Å²) in [6.45, 7) is -0.128. The third-order valence-electron chi connectivity index (χ3n) is 3.50. The first-order valence-electron chi connectivity index (χ1n) is 7.58. The van der Waals surface area contributed by atoms with Gasteiger partial charge in [0.1, 0.15) is 0 Å². The van der Waals surface area contributed by atoms with E-state index in [1.165, 1.54) is 14.2 Å². The summed E-state index contributed by atoms with van der Waals surface area (Å²) in [7, 11) is 3.02. The summed E-state index contributed by atoms with van der Waals surface area (Å²) in [6.07, 6.45) is 0. The van der Waals surface area contributed by atoms with Gasteiger partial charge < -0.3 is 18.6 Å². The molecule has 1 aromatic heterocycles. The van der Waals surface area contributed by atoms with Crippen molar-refractivity contribution < 1.29 is 23.4 Å². The lowest BCUT2D eigenvalue weighted by atomic mass is 10.2. The molecule has 0 aliphatic rings. The maximum absolute atomic E-state index is 12.2. The van der Waals surface area contributed by atoms with Crippen molar-refractivity contribution >= 4 is 21.9 Å². The molecule has 0 aliphatic heterocycles. The lowest BCUT2D eigenvalue weighted by Crippen LogP contribution is -2.06. The van der Waals surface area contributed by atoms with Crippen molar-refractivity contribution in [2.75, 3.05) is 14.2 Å². The highest BCUT2D eigenvalue weighted by Crippen LogP contribution is 2.28. The van der Waals surface area contributed by atoms with Crippen molar-refractivity contribution in [3.05, 3.63) is 58.4 Å². The van der Waals surface area contributed by atoms with Gasteiger partial charge in [-0.1, -0.05) is 15.9 Å². The summed E-state index contributed by atoms with van der Waals surface area (Å²) in [4.78, 5) is 12.2. The Labute approximate surface area is 158 Å². The summed E-state index contributed by atoms with van der Waals surface area (Å²) in [5, 5.41) is 7.85. The van der Waals surface area contributed by atoms with Crippen molar-refractivity contribution in [1.82, 2.24) is 10.2 Å². The molecule has 0 bridgehead atoms. The molecule has 0 saturated carbocycles. The topological polar surface area (TPSA) is 83.7 Å². The zero-order valence-corrected chi connectivity index (χ0v) is 15.6. The molecule has 3 rings (SSSR count). The lowest BCUT2D eigenvalue weighted by Gasteiger charge is -2.09. The number of benzene rings is 2. The number of halogens is 1. The van der Waals surface area contributed by atoms with E-state index in [-0.39, 0.29) is 12.5 Å². The Morgan fingerprint density at radius 3 is 2.46 bits per heavy atom. The van der Waals surface area contributed by atoms with Crippen LogP contribution in [0.4, 0.5) is 0 Å². The summed E-state index contributed by atoms with van der Waals surface area (Å²) < 4.78 is 22.0. The fraction of sp³-hybridized carbons (Fsp3) is 0.167. The largest absolute Gasteiger partial charge is 0.493 e. The predicted molar refractivity (Wildman–Crippen MR) is 96.1 cm³/mol. The van der Waals surface area contributed by atoms with Crippen molar-refractivity contribution in [2.24, 2.45) is 0 Å². The Bertz CT molecular complexity index is 908. The molecule has 0 spiro atoms. The number of aromatic nitrogens is 2. The highest BCUT2D eigenvalue weighted by molar-refractivity contribution is 9.10. The monoisotopic (exact) mass is 418 g/mol. The minimum atomic E-state index is -0.533. The molecule has 0 radical (unpaired) electrons. The molecule has 134 valence electrons. The van der Waals surface area contributed by atoms with Crippen LogP contribution < -0.4 is 9.47 Å². The fourth-order valence-corrected chi connectivity index (χ4v) is 2.46. The molecule has 0 fully saturated rings. The third kappa shape index (κ3) is 4.02. The Morgan fingerprint density at radius 1 is 1.04 bits per heavy atom. The first-order chi connectivity index (χ1) is 12.6. The molecule has 0 N–H and O–H groups in total. The van der Waals surface area contributed by atoms with Crippen LogP contribution in [0.5, 0.6) is 11.5 Å². The molecule has 8 heteroatoms. The number of hydrogen-bond donors (Lipinski definition) is 0. The number of hydrogen-bond acceptors (Lipinski definition) is 7. The first-order valence-corrected chi connectivity index (χ1v) is 8.37. The number of esters is 1. The van der Waals surface area contributed by atoms with E-state index in [9.17, 15) is 4.79 Å². The van der Waals surface area contributed by atoms with Crippen LogP contribution in [-0.2, 0) is 11.3 Å². The van der Waals surface area contributed by atoms with E-state index >= 15 is 0 Å². The Hall–Kier alpha value is -2.87. The molecule has 0 unspecified atom stereocenters. The van der Waals surface area contributed by atoms with E-state index in [1.807, 2.05) is 24.3 Å². The molecule has 0 atom stereocenters. The van der Waals surface area contributed by atoms with Crippen molar-refractivity contribution in [1.29, 1.82) is 0 Å². The predicted octanol–water partition coefficient (Wildman–Crippen LogP) is 3.87. The second kappa shape index (κ2) is 8.01. The normalized spacial score (nSPS) is 10.4. The smallest absolute Gasteiger partial charge is 0.338 e. The van der Waals surface area contributed by atoms with Gasteiger partial charge in [0.2, 0.25) is 5.89 Å². The van der Waals surface area contributed by atoms with E-state index in [1.54, 1.807) is 18.2 Å². The summed E-state index contributed by atoms with van der Waals surface area (Å²) in [6, 6.07) is 12.2. The highest BCUT2D eigenvalue weighted by atomic mass is 79.9. The Morgan fingerprint density at radius 2 is 1.77 bits per heavy atom. The maximum Gasteiger partial charge on any atom is 0.338 e. The lowest BCUT2D eigenvalue weighted by molar-refractivity contribution is 0.0438. The number of carbonyl (C=O) groups excluding carboxylic acids is 1. The minimum Gasteiger partial charge on any atom is -0.493 e. The van der Waals surface area contributed by atoms with Crippen LogP contribution >= 0.6 is 15.9 Å². The van der Waals surface area contributed by atoms with Crippen LogP contribution in [0.3, 0.4) is 0 Å². The number of ether oxygens (including phenoxy) is 3. The molecule has 26 heavy (non-hydrogen) atoms. The van der Waals surface area contributed by atoms with Crippen molar-refractivity contribution in [3.63, 3.8) is 0 Å². The number of methoxy groups -OCH3 is 2. The van der Waals surface area contributed by atoms with E-state index < -0.39 is 5.97 Å². The van der Waals surface area contributed by atoms with Gasteiger partial charge in [0.25, 0.3) is 5.89 Å². The molecule has 0 amide bonds. The van der Waals surface area contributed by atoms with E-state index in [4.69, 9.17) is 18.6 Å². The molecular formula is C18H15BrN2O5. The van der Waals surface area contributed by atoms with Crippen LogP contribution in [0.1, 0.15) is 16.2 Å². The molecule has 1 heterocycles. The standard InChI is InChI=1S/C18H15BrN2O5/c1-23-14-8-5-12(9-15(14)24-2)18(22)25-10-16-20-21-17(26-16)11-3-6-13(19)7-4-11/h3-9H,10H2,1-2H3. The summed E-state index contributed by atoms with van der Waals surface area (Å²) >= 11 is 3.36. The van der Waals surface area contributed by atoms with Gasteiger partial charge in [0.15, 0.2) is 18.1 Å². The molecule has 0 aliphatic carbocycles. The quantitative estimate of drug-likeness (QED) is 0.561. The van der Waals surface area contributed by atoms with Gasteiger partial charge in [-0.3, -0.25) is 0 Å². The Balaban J connectivity index is 1.66.